The number of carboxylic acids is 1. The van der Waals surface area contributed by atoms with Crippen LogP contribution < -0.4 is 0 Å². The van der Waals surface area contributed by atoms with Crippen molar-refractivity contribution in [2.45, 2.75) is 38.1 Å². The summed E-state index contributed by atoms with van der Waals surface area (Å²) in [5.41, 5.74) is -1.07. The van der Waals surface area contributed by atoms with Gasteiger partial charge in [-0.2, -0.15) is 0 Å². The fraction of sp³-hybridized carbons (Fsp3) is 0.846. The molecule has 2 fully saturated rings. The van der Waals surface area contributed by atoms with Crippen LogP contribution >= 0.6 is 0 Å². The summed E-state index contributed by atoms with van der Waals surface area (Å²) in [5.74, 6) is -0.911. The van der Waals surface area contributed by atoms with Gasteiger partial charge in [0.15, 0.2) is 0 Å². The molecular weight excluding hydrogens is 248 g/mol. The predicted molar refractivity (Wildman–Crippen MR) is 69.0 cm³/mol. The fourth-order valence-corrected chi connectivity index (χ4v) is 2.76. The maximum Gasteiger partial charge on any atom is 0.329 e. The van der Waals surface area contributed by atoms with Crippen molar-refractivity contribution in [3.8, 4) is 0 Å². The van der Waals surface area contributed by atoms with Crippen molar-refractivity contribution in [3.05, 3.63) is 0 Å². The largest absolute Gasteiger partial charge is 0.480 e. The predicted octanol–water partition coefficient (Wildman–Crippen LogP) is 1.16. The van der Waals surface area contributed by atoms with Gasteiger partial charge in [-0.25, -0.2) is 9.59 Å². The summed E-state index contributed by atoms with van der Waals surface area (Å²) in [5, 5.41) is 9.43. The molecule has 0 bridgehead atoms. The lowest BCUT2D eigenvalue weighted by Crippen LogP contribution is -2.60. The van der Waals surface area contributed by atoms with Crippen LogP contribution in [0.3, 0.4) is 0 Å². The Balaban J connectivity index is 2.12. The number of ether oxygens (including phenoxy) is 1. The van der Waals surface area contributed by atoms with E-state index >= 15 is 0 Å². The number of likely N-dealkylation sites (tertiary alicyclic amines) is 1. The monoisotopic (exact) mass is 270 g/mol. The zero-order chi connectivity index (χ0) is 13.9. The zero-order valence-electron chi connectivity index (χ0n) is 11.4. The van der Waals surface area contributed by atoms with Crippen LogP contribution in [0.25, 0.3) is 0 Å². The molecule has 2 heterocycles. The highest BCUT2D eigenvalue weighted by atomic mass is 16.5. The third kappa shape index (κ3) is 2.83. The summed E-state index contributed by atoms with van der Waals surface area (Å²) in [4.78, 5) is 27.3. The van der Waals surface area contributed by atoms with Crippen LogP contribution in [0.15, 0.2) is 0 Å². The smallest absolute Gasteiger partial charge is 0.329 e. The van der Waals surface area contributed by atoms with Gasteiger partial charge in [-0.15, -0.1) is 0 Å². The number of urea groups is 1. The summed E-state index contributed by atoms with van der Waals surface area (Å²) >= 11 is 0. The van der Waals surface area contributed by atoms with Crippen molar-refractivity contribution in [2.75, 3.05) is 32.8 Å². The van der Waals surface area contributed by atoms with Crippen molar-refractivity contribution in [2.24, 2.45) is 0 Å². The minimum atomic E-state index is -1.07. The highest BCUT2D eigenvalue weighted by molar-refractivity contribution is 5.86. The van der Waals surface area contributed by atoms with Gasteiger partial charge in [0.2, 0.25) is 0 Å². The van der Waals surface area contributed by atoms with Gasteiger partial charge >= 0.3 is 12.0 Å². The second kappa shape index (κ2) is 5.77. The molecule has 1 N–H and O–H groups in total. The molecule has 1 atom stereocenters. The van der Waals surface area contributed by atoms with E-state index in [4.69, 9.17) is 4.74 Å². The number of carbonyl (C=O) groups excluding carboxylic acids is 1. The van der Waals surface area contributed by atoms with Crippen LogP contribution in [-0.2, 0) is 9.53 Å². The van der Waals surface area contributed by atoms with Gasteiger partial charge in [0, 0.05) is 26.2 Å². The summed E-state index contributed by atoms with van der Waals surface area (Å²) in [6, 6.07) is -0.157. The van der Waals surface area contributed by atoms with Gasteiger partial charge in [-0.3, -0.25) is 0 Å². The molecule has 2 saturated heterocycles. The summed E-state index contributed by atoms with van der Waals surface area (Å²) in [6.07, 6.45) is 3.07. The van der Waals surface area contributed by atoms with Crippen molar-refractivity contribution in [1.29, 1.82) is 0 Å². The third-order valence-electron chi connectivity index (χ3n) is 4.08. The van der Waals surface area contributed by atoms with Crippen LogP contribution in [0.1, 0.15) is 32.6 Å². The van der Waals surface area contributed by atoms with Crippen LogP contribution in [0.5, 0.6) is 0 Å². The van der Waals surface area contributed by atoms with E-state index in [2.05, 4.69) is 0 Å². The number of carbonyl (C=O) groups is 2. The maximum atomic E-state index is 12.6. The Morgan fingerprint density at radius 3 is 2.63 bits per heavy atom. The van der Waals surface area contributed by atoms with E-state index in [0.717, 1.165) is 19.3 Å². The van der Waals surface area contributed by atoms with Gasteiger partial charge < -0.3 is 19.6 Å². The molecule has 2 rings (SSSR count). The number of aliphatic carboxylic acids is 1. The Bertz CT molecular complexity index is 353. The number of hydrogen-bond acceptors (Lipinski definition) is 3. The summed E-state index contributed by atoms with van der Waals surface area (Å²) < 4.78 is 5.33. The fourth-order valence-electron chi connectivity index (χ4n) is 2.76. The molecule has 0 aromatic rings. The van der Waals surface area contributed by atoms with Crippen LogP contribution in [0, 0.1) is 0 Å². The molecule has 108 valence electrons. The molecule has 0 spiro atoms. The number of piperidine rings is 1. The molecular formula is C13H22N2O4. The summed E-state index contributed by atoms with van der Waals surface area (Å²) in [7, 11) is 0. The van der Waals surface area contributed by atoms with Gasteiger partial charge in [0.1, 0.15) is 5.54 Å². The molecule has 1 unspecified atom stereocenters. The molecule has 0 aromatic heterocycles. The lowest BCUT2D eigenvalue weighted by atomic mass is 9.89. The van der Waals surface area contributed by atoms with E-state index in [0.29, 0.717) is 39.3 Å². The first-order valence-corrected chi connectivity index (χ1v) is 6.93. The number of carboxylic acid groups (broad SMARTS) is 1. The SMILES string of the molecule is CC1(C(=O)O)CCCCN1C(=O)N1CCCOCC1. The third-order valence-corrected chi connectivity index (χ3v) is 4.08. The Hall–Kier alpha value is -1.30. The number of rotatable bonds is 1. The molecule has 2 aliphatic rings. The van der Waals surface area contributed by atoms with Crippen LogP contribution in [-0.4, -0.2) is 65.3 Å². The quantitative estimate of drug-likeness (QED) is 0.776. The number of amides is 2. The number of nitrogens with zero attached hydrogens (tertiary/aromatic N) is 2. The van der Waals surface area contributed by atoms with Crippen molar-refractivity contribution in [1.82, 2.24) is 9.80 Å². The molecule has 6 nitrogen and oxygen atoms in total. The van der Waals surface area contributed by atoms with Crippen molar-refractivity contribution < 1.29 is 19.4 Å². The highest BCUT2D eigenvalue weighted by Gasteiger charge is 2.45. The molecule has 0 radical (unpaired) electrons. The second-order valence-corrected chi connectivity index (χ2v) is 5.42. The highest BCUT2D eigenvalue weighted by Crippen LogP contribution is 2.29. The Labute approximate surface area is 113 Å². The van der Waals surface area contributed by atoms with E-state index < -0.39 is 11.5 Å². The van der Waals surface area contributed by atoms with E-state index in [1.54, 1.807) is 11.8 Å². The minimum absolute atomic E-state index is 0.157. The second-order valence-electron chi connectivity index (χ2n) is 5.42. The molecule has 0 aromatic carbocycles. The van der Waals surface area contributed by atoms with E-state index in [1.807, 2.05) is 0 Å². The van der Waals surface area contributed by atoms with E-state index in [-0.39, 0.29) is 6.03 Å². The lowest BCUT2D eigenvalue weighted by molar-refractivity contribution is -0.150. The Kier molecular flexibility index (Phi) is 4.29. The molecule has 2 amide bonds. The van der Waals surface area contributed by atoms with Gasteiger partial charge in [0.25, 0.3) is 0 Å². The maximum absolute atomic E-state index is 12.6. The average Bonchev–Trinajstić information content (AvgIpc) is 2.67. The Morgan fingerprint density at radius 2 is 1.89 bits per heavy atom. The van der Waals surface area contributed by atoms with Gasteiger partial charge in [-0.05, 0) is 32.6 Å². The first-order valence-electron chi connectivity index (χ1n) is 6.93. The van der Waals surface area contributed by atoms with E-state index in [1.165, 1.54) is 4.90 Å². The lowest BCUT2D eigenvalue weighted by Gasteiger charge is -2.43. The first kappa shape index (κ1) is 14.1. The standard InChI is InChI=1S/C13H22N2O4/c1-13(11(16)17)5-2-3-7-15(13)12(18)14-6-4-9-19-10-8-14/h2-10H2,1H3,(H,16,17). The van der Waals surface area contributed by atoms with Crippen LogP contribution in [0.4, 0.5) is 4.79 Å². The van der Waals surface area contributed by atoms with Crippen LogP contribution in [0.2, 0.25) is 0 Å². The van der Waals surface area contributed by atoms with E-state index in [9.17, 15) is 14.7 Å². The molecule has 6 heteroatoms. The first-order chi connectivity index (χ1) is 9.05. The molecule has 0 saturated carbocycles. The average molecular weight is 270 g/mol. The van der Waals surface area contributed by atoms with Crippen molar-refractivity contribution in [3.63, 3.8) is 0 Å². The number of hydrogen-bond donors (Lipinski definition) is 1. The normalized spacial score (nSPS) is 28.9. The van der Waals surface area contributed by atoms with Gasteiger partial charge in [-0.1, -0.05) is 0 Å². The Morgan fingerprint density at radius 1 is 1.11 bits per heavy atom. The molecule has 0 aliphatic carbocycles. The zero-order valence-corrected chi connectivity index (χ0v) is 11.4. The molecule has 2 aliphatic heterocycles. The molecule has 19 heavy (non-hydrogen) atoms. The topological polar surface area (TPSA) is 70.1 Å². The van der Waals surface area contributed by atoms with Gasteiger partial charge in [0.05, 0.1) is 6.61 Å². The summed E-state index contributed by atoms with van der Waals surface area (Å²) in [6.45, 7) is 4.57. The van der Waals surface area contributed by atoms with Crippen molar-refractivity contribution >= 4 is 12.0 Å². The minimum Gasteiger partial charge on any atom is -0.480 e.